The number of halogens is 1. The largest absolute Gasteiger partial charge is 0.395 e. The number of fused-ring (bicyclic) bond motifs is 1. The second kappa shape index (κ2) is 5.33. The van der Waals surface area contributed by atoms with Crippen LogP contribution in [0.15, 0.2) is 28.9 Å². The van der Waals surface area contributed by atoms with Crippen molar-refractivity contribution in [2.24, 2.45) is 0 Å². The van der Waals surface area contributed by atoms with E-state index in [0.717, 1.165) is 20.9 Å². The van der Waals surface area contributed by atoms with Gasteiger partial charge in [-0.2, -0.15) is 0 Å². The van der Waals surface area contributed by atoms with E-state index in [1.807, 2.05) is 24.4 Å². The molecule has 0 bridgehead atoms. The molecule has 4 nitrogen and oxygen atoms in total. The highest BCUT2D eigenvalue weighted by atomic mass is 79.9. The zero-order valence-electron chi connectivity index (χ0n) is 9.16. The second-order valence-corrected chi connectivity index (χ2v) is 4.67. The Morgan fingerprint density at radius 1 is 1.47 bits per heavy atom. The van der Waals surface area contributed by atoms with Crippen LogP contribution in [0.2, 0.25) is 0 Å². The van der Waals surface area contributed by atoms with E-state index in [2.05, 4.69) is 26.2 Å². The predicted octanol–water partition coefficient (Wildman–Crippen LogP) is 1.58. The molecule has 0 aliphatic carbocycles. The third kappa shape index (κ3) is 2.87. The van der Waals surface area contributed by atoms with Gasteiger partial charge in [0.25, 0.3) is 0 Å². The van der Waals surface area contributed by atoms with E-state index in [0.29, 0.717) is 13.0 Å². The number of amides is 1. The topological polar surface area (TPSA) is 65.1 Å². The van der Waals surface area contributed by atoms with Crippen LogP contribution >= 0.6 is 15.9 Å². The van der Waals surface area contributed by atoms with Crippen LogP contribution in [0.5, 0.6) is 0 Å². The maximum absolute atomic E-state index is 11.5. The monoisotopic (exact) mass is 296 g/mol. The van der Waals surface area contributed by atoms with Gasteiger partial charge in [-0.1, -0.05) is 22.0 Å². The number of carbonyl (C=O) groups is 1. The summed E-state index contributed by atoms with van der Waals surface area (Å²) in [7, 11) is 0. The van der Waals surface area contributed by atoms with Crippen molar-refractivity contribution < 1.29 is 9.90 Å². The smallest absolute Gasteiger partial charge is 0.224 e. The number of nitrogens with one attached hydrogen (secondary N) is 2. The molecule has 0 saturated carbocycles. The number of benzene rings is 1. The summed E-state index contributed by atoms with van der Waals surface area (Å²) in [6.45, 7) is 0.263. The minimum Gasteiger partial charge on any atom is -0.395 e. The molecule has 0 unspecified atom stereocenters. The van der Waals surface area contributed by atoms with Gasteiger partial charge in [-0.05, 0) is 17.7 Å². The number of hydrogen-bond acceptors (Lipinski definition) is 2. The van der Waals surface area contributed by atoms with Crippen molar-refractivity contribution in [2.75, 3.05) is 13.2 Å². The van der Waals surface area contributed by atoms with Gasteiger partial charge in [-0.15, -0.1) is 0 Å². The van der Waals surface area contributed by atoms with E-state index in [1.54, 1.807) is 0 Å². The number of hydrogen-bond donors (Lipinski definition) is 3. The Balaban J connectivity index is 2.16. The Bertz CT molecular complexity index is 536. The molecule has 3 N–H and O–H groups in total. The SMILES string of the molecule is O=C(Cc1c[nH]c2cc(Br)ccc12)NCCO. The normalized spacial score (nSPS) is 10.7. The molecule has 0 spiro atoms. The maximum Gasteiger partial charge on any atom is 0.224 e. The molecule has 0 saturated heterocycles. The van der Waals surface area contributed by atoms with E-state index in [1.165, 1.54) is 0 Å². The minimum atomic E-state index is -0.0807. The Morgan fingerprint density at radius 2 is 2.29 bits per heavy atom. The molecule has 90 valence electrons. The Hall–Kier alpha value is -1.33. The summed E-state index contributed by atoms with van der Waals surface area (Å²) in [6.07, 6.45) is 2.16. The van der Waals surface area contributed by atoms with Crippen LogP contribution in [0.3, 0.4) is 0 Å². The number of H-pyrrole nitrogens is 1. The lowest BCUT2D eigenvalue weighted by Gasteiger charge is -2.02. The lowest BCUT2D eigenvalue weighted by atomic mass is 10.1. The van der Waals surface area contributed by atoms with Crippen molar-refractivity contribution in [3.63, 3.8) is 0 Å². The van der Waals surface area contributed by atoms with E-state index in [4.69, 9.17) is 5.11 Å². The molecule has 0 fully saturated rings. The Kier molecular flexibility index (Phi) is 3.81. The third-order valence-corrected chi connectivity index (χ3v) is 3.01. The van der Waals surface area contributed by atoms with Gasteiger partial charge in [0.1, 0.15) is 0 Å². The van der Waals surface area contributed by atoms with Gasteiger partial charge in [0.15, 0.2) is 0 Å². The molecule has 0 radical (unpaired) electrons. The van der Waals surface area contributed by atoms with Crippen LogP contribution in [0.1, 0.15) is 5.56 Å². The van der Waals surface area contributed by atoms with Crippen molar-refractivity contribution in [1.29, 1.82) is 0 Å². The van der Waals surface area contributed by atoms with Gasteiger partial charge in [-0.3, -0.25) is 4.79 Å². The van der Waals surface area contributed by atoms with E-state index >= 15 is 0 Å². The lowest BCUT2D eigenvalue weighted by molar-refractivity contribution is -0.120. The summed E-state index contributed by atoms with van der Waals surface area (Å²) in [5, 5.41) is 12.3. The first-order valence-electron chi connectivity index (χ1n) is 5.34. The van der Waals surface area contributed by atoms with Gasteiger partial charge >= 0.3 is 0 Å². The fraction of sp³-hybridized carbons (Fsp3) is 0.250. The van der Waals surface area contributed by atoms with Gasteiger partial charge in [-0.25, -0.2) is 0 Å². The number of aromatic amines is 1. The highest BCUT2D eigenvalue weighted by Crippen LogP contribution is 2.22. The molecular formula is C12H13BrN2O2. The third-order valence-electron chi connectivity index (χ3n) is 2.51. The summed E-state index contributed by atoms with van der Waals surface area (Å²) in [6, 6.07) is 5.90. The fourth-order valence-electron chi connectivity index (χ4n) is 1.74. The fourth-order valence-corrected chi connectivity index (χ4v) is 2.10. The van der Waals surface area contributed by atoms with E-state index in [9.17, 15) is 4.79 Å². The average molecular weight is 297 g/mol. The number of aromatic nitrogens is 1. The average Bonchev–Trinajstić information content (AvgIpc) is 2.69. The molecule has 1 aromatic heterocycles. The molecular weight excluding hydrogens is 284 g/mol. The van der Waals surface area contributed by atoms with Gasteiger partial charge in [0.05, 0.1) is 13.0 Å². The van der Waals surface area contributed by atoms with Crippen molar-refractivity contribution in [3.8, 4) is 0 Å². The van der Waals surface area contributed by atoms with Gasteiger partial charge in [0, 0.05) is 28.1 Å². The summed E-state index contributed by atoms with van der Waals surface area (Å²) in [5.74, 6) is -0.0807. The number of aliphatic hydroxyl groups excluding tert-OH is 1. The molecule has 0 aliphatic heterocycles. The lowest BCUT2D eigenvalue weighted by Crippen LogP contribution is -2.27. The molecule has 1 aromatic carbocycles. The van der Waals surface area contributed by atoms with Gasteiger partial charge in [0.2, 0.25) is 5.91 Å². The first kappa shape index (κ1) is 12.1. The first-order chi connectivity index (χ1) is 8.20. The molecule has 17 heavy (non-hydrogen) atoms. The van der Waals surface area contributed by atoms with Crippen molar-refractivity contribution in [2.45, 2.75) is 6.42 Å². The quantitative estimate of drug-likeness (QED) is 0.802. The number of aliphatic hydroxyl groups is 1. The van der Waals surface area contributed by atoms with Crippen molar-refractivity contribution in [1.82, 2.24) is 10.3 Å². The van der Waals surface area contributed by atoms with Crippen LogP contribution in [-0.2, 0) is 11.2 Å². The van der Waals surface area contributed by atoms with E-state index < -0.39 is 0 Å². The molecule has 0 atom stereocenters. The highest BCUT2D eigenvalue weighted by Gasteiger charge is 2.08. The summed E-state index contributed by atoms with van der Waals surface area (Å²) >= 11 is 3.40. The zero-order chi connectivity index (χ0) is 12.3. The van der Waals surface area contributed by atoms with Crippen LogP contribution in [0.25, 0.3) is 10.9 Å². The van der Waals surface area contributed by atoms with Crippen LogP contribution < -0.4 is 5.32 Å². The number of rotatable bonds is 4. The Morgan fingerprint density at radius 3 is 3.06 bits per heavy atom. The van der Waals surface area contributed by atoms with Crippen LogP contribution in [0.4, 0.5) is 0 Å². The standard InChI is InChI=1S/C12H13BrN2O2/c13-9-1-2-10-8(7-15-11(10)6-9)5-12(17)14-3-4-16/h1-2,6-7,15-16H,3-5H2,(H,14,17). The molecule has 5 heteroatoms. The Labute approximate surface area is 107 Å². The van der Waals surface area contributed by atoms with Crippen LogP contribution in [-0.4, -0.2) is 29.1 Å². The zero-order valence-corrected chi connectivity index (χ0v) is 10.8. The molecule has 1 heterocycles. The van der Waals surface area contributed by atoms with Crippen LogP contribution in [0, 0.1) is 0 Å². The predicted molar refractivity (Wildman–Crippen MR) is 69.8 cm³/mol. The first-order valence-corrected chi connectivity index (χ1v) is 6.13. The summed E-state index contributed by atoms with van der Waals surface area (Å²) in [5.41, 5.74) is 1.97. The molecule has 0 aliphatic rings. The highest BCUT2D eigenvalue weighted by molar-refractivity contribution is 9.10. The molecule has 2 aromatic rings. The van der Waals surface area contributed by atoms with E-state index in [-0.39, 0.29) is 12.5 Å². The summed E-state index contributed by atoms with van der Waals surface area (Å²) < 4.78 is 1.00. The molecule has 1 amide bonds. The van der Waals surface area contributed by atoms with Crippen molar-refractivity contribution in [3.05, 3.63) is 34.4 Å². The minimum absolute atomic E-state index is 0.0351. The summed E-state index contributed by atoms with van der Waals surface area (Å²) in [4.78, 5) is 14.7. The van der Waals surface area contributed by atoms with Gasteiger partial charge < -0.3 is 15.4 Å². The molecule has 2 rings (SSSR count). The van der Waals surface area contributed by atoms with Crippen molar-refractivity contribution >= 4 is 32.7 Å². The number of carbonyl (C=O) groups excluding carboxylic acids is 1. The maximum atomic E-state index is 11.5. The second-order valence-electron chi connectivity index (χ2n) is 3.75.